The van der Waals surface area contributed by atoms with Gasteiger partial charge in [0.1, 0.15) is 0 Å². The molecule has 0 spiro atoms. The van der Waals surface area contributed by atoms with Crippen molar-refractivity contribution >= 4 is 16.5 Å². The van der Waals surface area contributed by atoms with Crippen LogP contribution in [0.4, 0.5) is 0 Å². The molecule has 0 saturated heterocycles. The number of aromatic amines is 1. The average Bonchev–Trinajstić information content (AvgIpc) is 3.11. The van der Waals surface area contributed by atoms with Crippen LogP contribution in [0.5, 0.6) is 0 Å². The summed E-state index contributed by atoms with van der Waals surface area (Å²) < 4.78 is 0. The van der Waals surface area contributed by atoms with E-state index in [1.165, 1.54) is 40.6 Å². The van der Waals surface area contributed by atoms with Gasteiger partial charge >= 0.3 is 0 Å². The zero-order chi connectivity index (χ0) is 18.9. The standard InChI is InChI=1S/C25H25N3/c26-16-18-6-8-22-23-13-17(7-9-24(23)28-25(22)14-18)12-21-15-20(10-11-27-21)19-4-2-1-3-5-19/h1-6,8,10,14,17,21,27-28H,7,9,11-13,15H2. The first kappa shape index (κ1) is 17.3. The molecule has 2 aliphatic rings. The highest BCUT2D eigenvalue weighted by molar-refractivity contribution is 5.86. The Labute approximate surface area is 166 Å². The first-order valence-corrected chi connectivity index (χ1v) is 10.3. The summed E-state index contributed by atoms with van der Waals surface area (Å²) in [5, 5.41) is 14.2. The number of aryl methyl sites for hydroxylation is 1. The highest BCUT2D eigenvalue weighted by Crippen LogP contribution is 2.35. The summed E-state index contributed by atoms with van der Waals surface area (Å²) in [4.78, 5) is 3.57. The van der Waals surface area contributed by atoms with Crippen molar-refractivity contribution in [3.63, 3.8) is 0 Å². The van der Waals surface area contributed by atoms with Gasteiger partial charge in [-0.15, -0.1) is 0 Å². The molecule has 3 aromatic rings. The molecule has 2 heterocycles. The van der Waals surface area contributed by atoms with Crippen molar-refractivity contribution in [3.8, 4) is 6.07 Å². The van der Waals surface area contributed by atoms with Crippen LogP contribution in [0.2, 0.25) is 0 Å². The van der Waals surface area contributed by atoms with Gasteiger partial charge in [-0.05, 0) is 66.9 Å². The number of benzene rings is 2. The van der Waals surface area contributed by atoms with Crippen molar-refractivity contribution in [1.29, 1.82) is 5.26 Å². The van der Waals surface area contributed by atoms with Crippen molar-refractivity contribution < 1.29 is 0 Å². The Hall–Kier alpha value is -2.83. The van der Waals surface area contributed by atoms with E-state index in [0.717, 1.165) is 42.8 Å². The first-order valence-electron chi connectivity index (χ1n) is 10.3. The molecule has 1 aliphatic carbocycles. The zero-order valence-electron chi connectivity index (χ0n) is 16.0. The Balaban J connectivity index is 1.30. The lowest BCUT2D eigenvalue weighted by molar-refractivity contribution is 0.356. The van der Waals surface area contributed by atoms with Gasteiger partial charge in [-0.25, -0.2) is 0 Å². The van der Waals surface area contributed by atoms with Gasteiger partial charge < -0.3 is 10.3 Å². The molecule has 140 valence electrons. The highest BCUT2D eigenvalue weighted by atomic mass is 14.9. The third-order valence-corrected chi connectivity index (χ3v) is 6.40. The number of nitriles is 1. The fraction of sp³-hybridized carbons (Fsp3) is 0.320. The Morgan fingerprint density at radius 3 is 2.82 bits per heavy atom. The molecule has 5 rings (SSSR count). The second-order valence-electron chi connectivity index (χ2n) is 8.20. The van der Waals surface area contributed by atoms with E-state index < -0.39 is 0 Å². The molecular weight excluding hydrogens is 342 g/mol. The van der Waals surface area contributed by atoms with Crippen LogP contribution in [0.15, 0.2) is 54.6 Å². The Bertz CT molecular complexity index is 1070. The fourth-order valence-corrected chi connectivity index (χ4v) is 4.99. The van der Waals surface area contributed by atoms with E-state index in [0.29, 0.717) is 6.04 Å². The molecule has 1 aliphatic heterocycles. The van der Waals surface area contributed by atoms with E-state index in [2.05, 4.69) is 58.8 Å². The van der Waals surface area contributed by atoms with E-state index >= 15 is 0 Å². The number of rotatable bonds is 3. The smallest absolute Gasteiger partial charge is 0.0992 e. The number of H-pyrrole nitrogens is 1. The van der Waals surface area contributed by atoms with Gasteiger partial charge in [0, 0.05) is 29.2 Å². The summed E-state index contributed by atoms with van der Waals surface area (Å²) in [7, 11) is 0. The number of nitrogens with one attached hydrogen (secondary N) is 2. The molecule has 3 heteroatoms. The Morgan fingerprint density at radius 2 is 1.96 bits per heavy atom. The van der Waals surface area contributed by atoms with E-state index in [9.17, 15) is 0 Å². The first-order chi connectivity index (χ1) is 13.8. The van der Waals surface area contributed by atoms with Crippen LogP contribution in [0, 0.1) is 17.2 Å². The molecule has 2 N–H and O–H groups in total. The minimum absolute atomic E-state index is 0.558. The van der Waals surface area contributed by atoms with Crippen LogP contribution >= 0.6 is 0 Å². The summed E-state index contributed by atoms with van der Waals surface area (Å²) in [5.74, 6) is 0.717. The number of nitrogens with zero attached hydrogens (tertiary/aromatic N) is 1. The lowest BCUT2D eigenvalue weighted by atomic mass is 9.80. The van der Waals surface area contributed by atoms with Crippen molar-refractivity contribution in [3.05, 3.63) is 77.0 Å². The van der Waals surface area contributed by atoms with Gasteiger partial charge in [0.25, 0.3) is 0 Å². The Kier molecular flexibility index (Phi) is 4.50. The summed E-state index contributed by atoms with van der Waals surface area (Å²) in [5.41, 5.74) is 7.55. The summed E-state index contributed by atoms with van der Waals surface area (Å²) in [6.07, 6.45) is 8.19. The maximum Gasteiger partial charge on any atom is 0.0992 e. The monoisotopic (exact) mass is 367 g/mol. The molecular formula is C25H25N3. The topological polar surface area (TPSA) is 51.6 Å². The second-order valence-corrected chi connectivity index (χ2v) is 8.20. The lowest BCUT2D eigenvalue weighted by Gasteiger charge is -2.30. The van der Waals surface area contributed by atoms with E-state index in [1.54, 1.807) is 0 Å². The predicted octanol–water partition coefficient (Wildman–Crippen LogP) is 4.98. The zero-order valence-corrected chi connectivity index (χ0v) is 16.0. The van der Waals surface area contributed by atoms with Gasteiger partial charge in [-0.2, -0.15) is 5.26 Å². The molecule has 2 aromatic carbocycles. The van der Waals surface area contributed by atoms with Crippen LogP contribution in [-0.2, 0) is 12.8 Å². The van der Waals surface area contributed by atoms with Gasteiger partial charge in [0.15, 0.2) is 0 Å². The molecule has 1 aromatic heterocycles. The molecule has 0 bridgehead atoms. The molecule has 0 radical (unpaired) electrons. The van der Waals surface area contributed by atoms with Crippen LogP contribution in [0.1, 0.15) is 41.6 Å². The van der Waals surface area contributed by atoms with Crippen molar-refractivity contribution in [2.45, 2.75) is 38.1 Å². The maximum atomic E-state index is 9.15. The summed E-state index contributed by atoms with van der Waals surface area (Å²) >= 11 is 0. The number of hydrogen-bond donors (Lipinski definition) is 2. The molecule has 2 unspecified atom stereocenters. The third kappa shape index (κ3) is 3.25. The van der Waals surface area contributed by atoms with Gasteiger partial charge in [0.05, 0.1) is 11.6 Å². The van der Waals surface area contributed by atoms with E-state index in [1.807, 2.05) is 12.1 Å². The normalized spacial score (nSPS) is 21.8. The largest absolute Gasteiger partial charge is 0.358 e. The van der Waals surface area contributed by atoms with Gasteiger partial charge in [0.2, 0.25) is 0 Å². The Morgan fingerprint density at radius 1 is 1.07 bits per heavy atom. The third-order valence-electron chi connectivity index (χ3n) is 6.40. The molecule has 28 heavy (non-hydrogen) atoms. The number of hydrogen-bond acceptors (Lipinski definition) is 2. The van der Waals surface area contributed by atoms with E-state index in [4.69, 9.17) is 5.26 Å². The molecule has 0 fully saturated rings. The van der Waals surface area contributed by atoms with Crippen molar-refractivity contribution in [2.75, 3.05) is 6.54 Å². The highest BCUT2D eigenvalue weighted by Gasteiger charge is 2.26. The van der Waals surface area contributed by atoms with Crippen LogP contribution in [-0.4, -0.2) is 17.6 Å². The minimum atomic E-state index is 0.558. The summed E-state index contributed by atoms with van der Waals surface area (Å²) in [6, 6.07) is 19.7. The van der Waals surface area contributed by atoms with Crippen LogP contribution in [0.25, 0.3) is 16.5 Å². The fourth-order valence-electron chi connectivity index (χ4n) is 4.99. The molecule has 0 saturated carbocycles. The second kappa shape index (κ2) is 7.30. The molecule has 3 nitrogen and oxygen atoms in total. The number of fused-ring (bicyclic) bond motifs is 3. The minimum Gasteiger partial charge on any atom is -0.358 e. The van der Waals surface area contributed by atoms with E-state index in [-0.39, 0.29) is 0 Å². The molecule has 0 amide bonds. The number of aromatic nitrogens is 1. The summed E-state index contributed by atoms with van der Waals surface area (Å²) in [6.45, 7) is 0.969. The maximum absolute atomic E-state index is 9.15. The average molecular weight is 367 g/mol. The van der Waals surface area contributed by atoms with Crippen molar-refractivity contribution in [1.82, 2.24) is 10.3 Å². The quantitative estimate of drug-likeness (QED) is 0.686. The molecule has 2 atom stereocenters. The SMILES string of the molecule is N#Cc1ccc2c3c([nH]c2c1)CCC(CC1CC(c2ccccc2)=CCN1)C3. The van der Waals surface area contributed by atoms with Crippen LogP contribution < -0.4 is 5.32 Å². The van der Waals surface area contributed by atoms with Gasteiger partial charge in [-0.3, -0.25) is 0 Å². The van der Waals surface area contributed by atoms with Gasteiger partial charge in [-0.1, -0.05) is 42.5 Å². The predicted molar refractivity (Wildman–Crippen MR) is 114 cm³/mol. The lowest BCUT2D eigenvalue weighted by Crippen LogP contribution is -2.35. The van der Waals surface area contributed by atoms with Crippen LogP contribution in [0.3, 0.4) is 0 Å². The van der Waals surface area contributed by atoms with Crippen molar-refractivity contribution in [2.24, 2.45) is 5.92 Å².